The largest absolute Gasteiger partial charge is 0.544 e. The fourth-order valence-corrected chi connectivity index (χ4v) is 1.36. The molecule has 0 spiro atoms. The summed E-state index contributed by atoms with van der Waals surface area (Å²) in [6.45, 7) is 2.61. The molecule has 0 N–H and O–H groups in total. The van der Waals surface area contributed by atoms with Gasteiger partial charge in [0.2, 0.25) is 5.91 Å². The predicted octanol–water partition coefficient (Wildman–Crippen LogP) is 3.45. The molecule has 0 heterocycles. The van der Waals surface area contributed by atoms with Crippen LogP contribution < -0.4 is 5.06 Å². The number of halogens is 4. The van der Waals surface area contributed by atoms with E-state index in [2.05, 4.69) is 4.84 Å². The maximum atomic E-state index is 12.1. The number of carbonyl (C=O) groups is 1. The van der Waals surface area contributed by atoms with Crippen LogP contribution in [-0.2, 0) is 9.63 Å². The third kappa shape index (κ3) is 3.90. The van der Waals surface area contributed by atoms with Crippen molar-refractivity contribution in [3.8, 4) is 0 Å². The van der Waals surface area contributed by atoms with Crippen LogP contribution in [-0.4, -0.2) is 12.3 Å². The minimum absolute atomic E-state index is 0.00458. The SMILES string of the molecule is CC(=O)N(OC(F)(F)F)c1cc(C)ccc1Cl. The number of amides is 1. The summed E-state index contributed by atoms with van der Waals surface area (Å²) in [4.78, 5) is 14.7. The average molecular weight is 268 g/mol. The van der Waals surface area contributed by atoms with Crippen LogP contribution in [0.5, 0.6) is 0 Å². The second-order valence-corrected chi connectivity index (χ2v) is 3.71. The Bertz CT molecular complexity index is 434. The summed E-state index contributed by atoms with van der Waals surface area (Å²) in [5.74, 6) is -0.921. The third-order valence-corrected chi connectivity index (χ3v) is 2.12. The number of aryl methyl sites for hydroxylation is 1. The van der Waals surface area contributed by atoms with Gasteiger partial charge >= 0.3 is 6.36 Å². The van der Waals surface area contributed by atoms with Crippen molar-refractivity contribution in [3.63, 3.8) is 0 Å². The van der Waals surface area contributed by atoms with Crippen molar-refractivity contribution < 1.29 is 22.8 Å². The van der Waals surface area contributed by atoms with Crippen LogP contribution in [0.25, 0.3) is 0 Å². The molecular formula is C10H9ClF3NO2. The Kier molecular flexibility index (Phi) is 4.00. The fourth-order valence-electron chi connectivity index (χ4n) is 1.16. The minimum atomic E-state index is -4.96. The summed E-state index contributed by atoms with van der Waals surface area (Å²) in [7, 11) is 0. The van der Waals surface area contributed by atoms with E-state index in [1.54, 1.807) is 13.0 Å². The van der Waals surface area contributed by atoms with Crippen LogP contribution in [0.1, 0.15) is 12.5 Å². The van der Waals surface area contributed by atoms with Crippen molar-refractivity contribution in [2.75, 3.05) is 5.06 Å². The van der Waals surface area contributed by atoms with Crippen LogP contribution in [0.4, 0.5) is 18.9 Å². The van der Waals surface area contributed by atoms with Gasteiger partial charge < -0.3 is 0 Å². The predicted molar refractivity (Wildman–Crippen MR) is 56.5 cm³/mol. The molecule has 3 nitrogen and oxygen atoms in total. The van der Waals surface area contributed by atoms with Gasteiger partial charge in [-0.15, -0.1) is 13.2 Å². The highest BCUT2D eigenvalue weighted by molar-refractivity contribution is 6.33. The lowest BCUT2D eigenvalue weighted by Crippen LogP contribution is -2.35. The van der Waals surface area contributed by atoms with Crippen molar-refractivity contribution in [2.45, 2.75) is 20.2 Å². The molecule has 0 aliphatic carbocycles. The Morgan fingerprint density at radius 2 is 2.00 bits per heavy atom. The number of hydrogen-bond acceptors (Lipinski definition) is 2. The van der Waals surface area contributed by atoms with Crippen molar-refractivity contribution >= 4 is 23.2 Å². The zero-order valence-corrected chi connectivity index (χ0v) is 9.76. The lowest BCUT2D eigenvalue weighted by molar-refractivity contribution is -0.327. The van der Waals surface area contributed by atoms with E-state index in [1.165, 1.54) is 12.1 Å². The molecule has 0 aliphatic heterocycles. The molecule has 0 atom stereocenters. The first-order valence-corrected chi connectivity index (χ1v) is 4.91. The summed E-state index contributed by atoms with van der Waals surface area (Å²) >= 11 is 5.72. The molecule has 0 saturated carbocycles. The fraction of sp³-hybridized carbons (Fsp3) is 0.300. The zero-order valence-electron chi connectivity index (χ0n) is 9.01. The third-order valence-electron chi connectivity index (χ3n) is 1.80. The van der Waals surface area contributed by atoms with Crippen molar-refractivity contribution in [2.24, 2.45) is 0 Å². The summed E-state index contributed by atoms with van der Waals surface area (Å²) < 4.78 is 36.4. The number of benzene rings is 1. The first-order chi connectivity index (χ1) is 7.70. The molecule has 0 radical (unpaired) electrons. The number of alkyl halides is 3. The summed E-state index contributed by atoms with van der Waals surface area (Å²) in [5, 5.41) is 0.116. The second-order valence-electron chi connectivity index (χ2n) is 3.31. The molecule has 1 amide bonds. The quantitative estimate of drug-likeness (QED) is 0.768. The van der Waals surface area contributed by atoms with Gasteiger partial charge in [0.15, 0.2) is 0 Å². The van der Waals surface area contributed by atoms with Crippen LogP contribution in [0, 0.1) is 6.92 Å². The Labute approximate surface area is 101 Å². The smallest absolute Gasteiger partial charge is 0.273 e. The Morgan fingerprint density at radius 1 is 1.41 bits per heavy atom. The lowest BCUT2D eigenvalue weighted by atomic mass is 10.2. The van der Waals surface area contributed by atoms with Crippen molar-refractivity contribution in [3.05, 3.63) is 28.8 Å². The molecule has 0 bridgehead atoms. The van der Waals surface area contributed by atoms with Gasteiger partial charge in [0.25, 0.3) is 0 Å². The van der Waals surface area contributed by atoms with E-state index in [0.717, 1.165) is 6.92 Å². The lowest BCUT2D eigenvalue weighted by Gasteiger charge is -2.22. The zero-order chi connectivity index (χ0) is 13.2. The maximum Gasteiger partial charge on any atom is 0.544 e. The van der Waals surface area contributed by atoms with E-state index in [0.29, 0.717) is 5.56 Å². The van der Waals surface area contributed by atoms with Gasteiger partial charge in [0.1, 0.15) is 0 Å². The normalized spacial score (nSPS) is 11.4. The van der Waals surface area contributed by atoms with Crippen molar-refractivity contribution in [1.29, 1.82) is 0 Å². The highest BCUT2D eigenvalue weighted by Gasteiger charge is 2.36. The van der Waals surface area contributed by atoms with Crippen LogP contribution in [0.3, 0.4) is 0 Å². The molecule has 94 valence electrons. The van der Waals surface area contributed by atoms with Gasteiger partial charge in [-0.1, -0.05) is 17.7 Å². The summed E-state index contributed by atoms with van der Waals surface area (Å²) in [6, 6.07) is 4.33. The average Bonchev–Trinajstić information content (AvgIpc) is 2.17. The number of anilines is 1. The number of hydrogen-bond donors (Lipinski definition) is 0. The molecule has 7 heteroatoms. The van der Waals surface area contributed by atoms with E-state index in [9.17, 15) is 18.0 Å². The molecule has 0 aliphatic rings. The molecule has 0 saturated heterocycles. The van der Waals surface area contributed by atoms with E-state index >= 15 is 0 Å². The number of nitrogens with zero attached hydrogens (tertiary/aromatic N) is 1. The summed E-state index contributed by atoms with van der Waals surface area (Å²) in [6.07, 6.45) is -4.96. The van der Waals surface area contributed by atoms with Crippen LogP contribution in [0.2, 0.25) is 5.02 Å². The van der Waals surface area contributed by atoms with Gasteiger partial charge in [-0.25, -0.2) is 0 Å². The molecular weight excluding hydrogens is 259 g/mol. The minimum Gasteiger partial charge on any atom is -0.273 e. The molecule has 1 rings (SSSR count). The van der Waals surface area contributed by atoms with Crippen LogP contribution >= 0.6 is 11.6 Å². The molecule has 1 aromatic carbocycles. The van der Waals surface area contributed by atoms with E-state index in [1.807, 2.05) is 0 Å². The van der Waals surface area contributed by atoms with Crippen LogP contribution in [0.15, 0.2) is 18.2 Å². The van der Waals surface area contributed by atoms with Gasteiger partial charge in [-0.05, 0) is 24.6 Å². The second kappa shape index (κ2) is 4.93. The van der Waals surface area contributed by atoms with Gasteiger partial charge in [-0.3, -0.25) is 4.79 Å². The highest BCUT2D eigenvalue weighted by Crippen LogP contribution is 2.30. The maximum absolute atomic E-state index is 12.1. The number of hydroxylamine groups is 1. The van der Waals surface area contributed by atoms with Gasteiger partial charge in [-0.2, -0.15) is 9.90 Å². The monoisotopic (exact) mass is 267 g/mol. The number of carbonyl (C=O) groups excluding carboxylic acids is 1. The Balaban J connectivity index is 3.14. The Morgan fingerprint density at radius 3 is 2.47 bits per heavy atom. The van der Waals surface area contributed by atoms with E-state index in [4.69, 9.17) is 11.6 Å². The van der Waals surface area contributed by atoms with Gasteiger partial charge in [0, 0.05) is 6.92 Å². The first kappa shape index (κ1) is 13.8. The van der Waals surface area contributed by atoms with E-state index < -0.39 is 12.3 Å². The van der Waals surface area contributed by atoms with Gasteiger partial charge in [0.05, 0.1) is 10.7 Å². The standard InChI is InChI=1S/C10H9ClF3NO2/c1-6-3-4-8(11)9(5-6)15(7(2)16)17-10(12,13)14/h3-5H,1-2H3. The Hall–Kier alpha value is -1.27. The number of rotatable bonds is 2. The topological polar surface area (TPSA) is 29.5 Å². The first-order valence-electron chi connectivity index (χ1n) is 4.53. The van der Waals surface area contributed by atoms with E-state index in [-0.39, 0.29) is 15.8 Å². The molecule has 0 aromatic heterocycles. The van der Waals surface area contributed by atoms with Crippen molar-refractivity contribution in [1.82, 2.24) is 0 Å². The molecule has 0 unspecified atom stereocenters. The molecule has 0 fully saturated rings. The highest BCUT2D eigenvalue weighted by atomic mass is 35.5. The summed E-state index contributed by atoms with van der Waals surface area (Å²) in [5.41, 5.74) is 0.512. The molecule has 17 heavy (non-hydrogen) atoms. The molecule has 1 aromatic rings.